The smallest absolute Gasteiger partial charge is 0.309 e. The van der Waals surface area contributed by atoms with Crippen LogP contribution < -0.4 is 0 Å². The molecule has 0 radical (unpaired) electrons. The minimum Gasteiger partial charge on any atom is -0.460 e. The highest BCUT2D eigenvalue weighted by Gasteiger charge is 2.16. The third-order valence-electron chi connectivity index (χ3n) is 2.30. The van der Waals surface area contributed by atoms with Crippen LogP contribution in [0.25, 0.3) is 0 Å². The van der Waals surface area contributed by atoms with E-state index in [1.54, 1.807) is 11.7 Å². The second-order valence-corrected chi connectivity index (χ2v) is 4.44. The summed E-state index contributed by atoms with van der Waals surface area (Å²) in [5.41, 5.74) is 1.74. The Bertz CT molecular complexity index is 285. The van der Waals surface area contributed by atoms with Crippen LogP contribution >= 0.6 is 11.3 Å². The van der Waals surface area contributed by atoms with E-state index < -0.39 is 0 Å². The lowest BCUT2D eigenvalue weighted by atomic mass is 10.0. The van der Waals surface area contributed by atoms with Gasteiger partial charge in [-0.25, -0.2) is 0 Å². The summed E-state index contributed by atoms with van der Waals surface area (Å²) < 4.78 is 5.22. The Morgan fingerprint density at radius 3 is 2.93 bits per heavy atom. The van der Waals surface area contributed by atoms with Gasteiger partial charge in [0.2, 0.25) is 0 Å². The Hall–Kier alpha value is -0.900. The van der Waals surface area contributed by atoms with Crippen molar-refractivity contribution in [2.45, 2.75) is 39.7 Å². The number of nitrogens with zero attached hydrogens (tertiary/aromatic N) is 1. The summed E-state index contributed by atoms with van der Waals surface area (Å²) in [7, 11) is 0. The molecule has 0 aliphatic carbocycles. The fourth-order valence-electron chi connectivity index (χ4n) is 1.41. The summed E-state index contributed by atoms with van der Waals surface area (Å²) >= 11 is 1.51. The SMILES string of the molecule is CCCC(CC)C(=O)OCc1cncs1. The second-order valence-electron chi connectivity index (χ2n) is 3.47. The van der Waals surface area contributed by atoms with Crippen molar-refractivity contribution < 1.29 is 9.53 Å². The Balaban J connectivity index is 2.34. The molecule has 1 rings (SSSR count). The molecule has 0 amide bonds. The maximum Gasteiger partial charge on any atom is 0.309 e. The number of hydrogen-bond donors (Lipinski definition) is 0. The highest BCUT2D eigenvalue weighted by Crippen LogP contribution is 2.15. The second kappa shape index (κ2) is 6.56. The number of esters is 1. The molecular formula is C11H17NO2S. The molecule has 1 unspecified atom stereocenters. The predicted molar refractivity (Wildman–Crippen MR) is 60.6 cm³/mol. The summed E-state index contributed by atoms with van der Waals surface area (Å²) in [5, 5.41) is 0. The molecule has 1 aromatic heterocycles. The summed E-state index contributed by atoms with van der Waals surface area (Å²) in [6, 6.07) is 0. The third-order valence-corrected chi connectivity index (χ3v) is 3.06. The first-order valence-electron chi connectivity index (χ1n) is 5.31. The van der Waals surface area contributed by atoms with Crippen LogP contribution in [0.5, 0.6) is 0 Å². The Morgan fingerprint density at radius 1 is 1.60 bits per heavy atom. The van der Waals surface area contributed by atoms with Gasteiger partial charge < -0.3 is 4.74 Å². The zero-order chi connectivity index (χ0) is 11.1. The molecule has 0 aliphatic heterocycles. The predicted octanol–water partition coefficient (Wildman–Crippen LogP) is 3.01. The Kier molecular flexibility index (Phi) is 5.32. The average Bonchev–Trinajstić information content (AvgIpc) is 2.75. The minimum atomic E-state index is -0.0762. The van der Waals surface area contributed by atoms with Crippen molar-refractivity contribution in [3.8, 4) is 0 Å². The van der Waals surface area contributed by atoms with E-state index in [2.05, 4.69) is 11.9 Å². The van der Waals surface area contributed by atoms with Gasteiger partial charge in [-0.2, -0.15) is 0 Å². The van der Waals surface area contributed by atoms with Gasteiger partial charge in [0.1, 0.15) is 6.61 Å². The van der Waals surface area contributed by atoms with E-state index in [0.717, 1.165) is 24.1 Å². The maximum atomic E-state index is 11.6. The first-order chi connectivity index (χ1) is 7.27. The molecule has 0 saturated heterocycles. The van der Waals surface area contributed by atoms with E-state index >= 15 is 0 Å². The molecule has 0 N–H and O–H groups in total. The minimum absolute atomic E-state index is 0.0583. The quantitative estimate of drug-likeness (QED) is 0.701. The fraction of sp³-hybridized carbons (Fsp3) is 0.636. The van der Waals surface area contributed by atoms with Crippen LogP contribution in [0.3, 0.4) is 0 Å². The van der Waals surface area contributed by atoms with Gasteiger partial charge in [0.25, 0.3) is 0 Å². The summed E-state index contributed by atoms with van der Waals surface area (Å²) in [6.45, 7) is 4.47. The number of carbonyl (C=O) groups excluding carboxylic acids is 1. The maximum absolute atomic E-state index is 11.6. The molecule has 0 fully saturated rings. The van der Waals surface area contributed by atoms with Crippen molar-refractivity contribution in [2.75, 3.05) is 0 Å². The number of hydrogen-bond acceptors (Lipinski definition) is 4. The number of ether oxygens (including phenoxy) is 1. The number of thiazole rings is 1. The van der Waals surface area contributed by atoms with Gasteiger partial charge in [-0.1, -0.05) is 20.3 Å². The summed E-state index contributed by atoms with van der Waals surface area (Å²) in [4.78, 5) is 16.5. The number of carbonyl (C=O) groups is 1. The normalized spacial score (nSPS) is 12.4. The van der Waals surface area contributed by atoms with E-state index in [4.69, 9.17) is 4.74 Å². The largest absolute Gasteiger partial charge is 0.460 e. The highest BCUT2D eigenvalue weighted by atomic mass is 32.1. The zero-order valence-corrected chi connectivity index (χ0v) is 10.0. The molecule has 1 aromatic rings. The molecule has 15 heavy (non-hydrogen) atoms. The van der Waals surface area contributed by atoms with E-state index in [0.29, 0.717) is 6.61 Å². The summed E-state index contributed by atoms with van der Waals surface area (Å²) in [6.07, 6.45) is 4.53. The number of aromatic nitrogens is 1. The summed E-state index contributed by atoms with van der Waals surface area (Å²) in [5.74, 6) is -0.0179. The molecule has 0 bridgehead atoms. The van der Waals surface area contributed by atoms with Crippen LogP contribution in [0, 0.1) is 5.92 Å². The van der Waals surface area contributed by atoms with Gasteiger partial charge >= 0.3 is 5.97 Å². The molecule has 84 valence electrons. The zero-order valence-electron chi connectivity index (χ0n) is 9.23. The lowest BCUT2D eigenvalue weighted by Gasteiger charge is -2.12. The molecule has 0 spiro atoms. The van der Waals surface area contributed by atoms with E-state index in [-0.39, 0.29) is 11.9 Å². The van der Waals surface area contributed by atoms with Gasteiger partial charge in [-0.15, -0.1) is 11.3 Å². The van der Waals surface area contributed by atoms with Crippen molar-refractivity contribution in [2.24, 2.45) is 5.92 Å². The molecule has 4 heteroatoms. The standard InChI is InChI=1S/C11H17NO2S/c1-3-5-9(4-2)11(13)14-7-10-6-12-8-15-10/h6,8-9H,3-5,7H2,1-2H3. The van der Waals surface area contributed by atoms with E-state index in [1.165, 1.54) is 11.3 Å². The topological polar surface area (TPSA) is 39.2 Å². The van der Waals surface area contributed by atoms with Crippen molar-refractivity contribution in [1.29, 1.82) is 0 Å². The molecular weight excluding hydrogens is 210 g/mol. The lowest BCUT2D eigenvalue weighted by Crippen LogP contribution is -2.16. The molecule has 1 atom stereocenters. The molecule has 1 heterocycles. The van der Waals surface area contributed by atoms with Crippen LogP contribution in [0.15, 0.2) is 11.7 Å². The van der Waals surface area contributed by atoms with Crippen LogP contribution in [0.4, 0.5) is 0 Å². The van der Waals surface area contributed by atoms with Crippen molar-refractivity contribution in [3.63, 3.8) is 0 Å². The fourth-order valence-corrected chi connectivity index (χ4v) is 1.92. The van der Waals surface area contributed by atoms with E-state index in [9.17, 15) is 4.79 Å². The Labute approximate surface area is 94.5 Å². The van der Waals surface area contributed by atoms with Gasteiger partial charge in [-0.05, 0) is 12.8 Å². The van der Waals surface area contributed by atoms with Crippen molar-refractivity contribution in [1.82, 2.24) is 4.98 Å². The van der Waals surface area contributed by atoms with E-state index in [1.807, 2.05) is 6.92 Å². The molecule has 0 saturated carbocycles. The molecule has 0 aromatic carbocycles. The van der Waals surface area contributed by atoms with Gasteiger partial charge in [0.15, 0.2) is 0 Å². The van der Waals surface area contributed by atoms with Gasteiger partial charge in [-0.3, -0.25) is 9.78 Å². The van der Waals surface area contributed by atoms with Crippen molar-refractivity contribution in [3.05, 3.63) is 16.6 Å². The Morgan fingerprint density at radius 2 is 2.40 bits per heavy atom. The third kappa shape index (κ3) is 4.00. The van der Waals surface area contributed by atoms with Gasteiger partial charge in [0, 0.05) is 6.20 Å². The first kappa shape index (κ1) is 12.2. The highest BCUT2D eigenvalue weighted by molar-refractivity contribution is 7.09. The lowest BCUT2D eigenvalue weighted by molar-refractivity contribution is -0.150. The monoisotopic (exact) mass is 227 g/mol. The van der Waals surface area contributed by atoms with Crippen LogP contribution in [0.2, 0.25) is 0 Å². The van der Waals surface area contributed by atoms with Gasteiger partial charge in [0.05, 0.1) is 16.3 Å². The van der Waals surface area contributed by atoms with Crippen LogP contribution in [-0.2, 0) is 16.1 Å². The van der Waals surface area contributed by atoms with Crippen LogP contribution in [0.1, 0.15) is 38.0 Å². The van der Waals surface area contributed by atoms with Crippen LogP contribution in [-0.4, -0.2) is 11.0 Å². The number of rotatable bonds is 6. The average molecular weight is 227 g/mol. The molecule has 3 nitrogen and oxygen atoms in total. The first-order valence-corrected chi connectivity index (χ1v) is 6.19. The van der Waals surface area contributed by atoms with Crippen molar-refractivity contribution >= 4 is 17.3 Å². The molecule has 0 aliphatic rings.